The number of aryl methyl sites for hydroxylation is 1. The first-order valence-corrected chi connectivity index (χ1v) is 13.0. The first-order valence-electron chi connectivity index (χ1n) is 12.3. The van der Waals surface area contributed by atoms with Gasteiger partial charge in [-0.3, -0.25) is 9.59 Å². The molecule has 0 unspecified atom stereocenters. The Hall–Kier alpha value is -4.28. The Morgan fingerprint density at radius 2 is 2.00 bits per heavy atom. The fraction of sp³-hybridized carbons (Fsp3) is 0.185. The second-order valence-corrected chi connectivity index (χ2v) is 10.0. The van der Waals surface area contributed by atoms with E-state index in [-0.39, 0.29) is 23.9 Å². The molecule has 1 aliphatic rings. The number of fused-ring (bicyclic) bond motifs is 1. The number of tetrazole rings is 1. The first-order chi connectivity index (χ1) is 18.9. The van der Waals surface area contributed by atoms with Crippen molar-refractivity contribution in [3.05, 3.63) is 98.5 Å². The number of halogens is 2. The molecule has 0 aliphatic carbocycles. The summed E-state index contributed by atoms with van der Waals surface area (Å²) in [5, 5.41) is 14.9. The molecule has 6 rings (SSSR count). The number of benzene rings is 2. The minimum absolute atomic E-state index is 0.0762. The van der Waals surface area contributed by atoms with Crippen LogP contribution in [0.25, 0.3) is 28.1 Å². The van der Waals surface area contributed by atoms with Crippen LogP contribution in [0.1, 0.15) is 29.5 Å². The van der Waals surface area contributed by atoms with Crippen LogP contribution in [0.3, 0.4) is 0 Å². The van der Waals surface area contributed by atoms with Gasteiger partial charge in [0, 0.05) is 35.0 Å². The molecule has 39 heavy (non-hydrogen) atoms. The summed E-state index contributed by atoms with van der Waals surface area (Å²) in [5.41, 5.74) is 5.23. The zero-order valence-corrected chi connectivity index (χ0v) is 22.2. The van der Waals surface area contributed by atoms with E-state index < -0.39 is 0 Å². The zero-order valence-electron chi connectivity index (χ0n) is 20.7. The number of nitrogens with one attached hydrogen (secondary N) is 2. The molecule has 0 bridgehead atoms. The summed E-state index contributed by atoms with van der Waals surface area (Å²) in [6.45, 7) is 0. The molecule has 1 aliphatic heterocycles. The van der Waals surface area contributed by atoms with E-state index in [9.17, 15) is 9.59 Å². The van der Waals surface area contributed by atoms with Gasteiger partial charge in [-0.25, -0.2) is 4.98 Å². The van der Waals surface area contributed by atoms with Crippen molar-refractivity contribution in [2.75, 3.05) is 7.05 Å². The van der Waals surface area contributed by atoms with Crippen LogP contribution in [-0.2, 0) is 17.6 Å². The van der Waals surface area contributed by atoms with Crippen molar-refractivity contribution in [3.63, 3.8) is 0 Å². The van der Waals surface area contributed by atoms with Crippen LogP contribution in [0.5, 0.6) is 0 Å². The molecule has 196 valence electrons. The number of carbonyl (C=O) groups is 1. The fourth-order valence-corrected chi connectivity index (χ4v) is 5.47. The molecule has 0 fully saturated rings. The van der Waals surface area contributed by atoms with Crippen LogP contribution in [0, 0.1) is 0 Å². The van der Waals surface area contributed by atoms with Gasteiger partial charge >= 0.3 is 0 Å². The van der Waals surface area contributed by atoms with Crippen molar-refractivity contribution in [1.82, 2.24) is 40.1 Å². The standard InChI is InChI=1S/C27H22Cl2N8O2/c1-30-23(38)10-15-3-2-4-16(9-15)25-26(29)33-27(32-25)22-8-6-19-11-17(12-24(39)37(19)22)20-13-18(28)5-7-21(20)36-14-31-34-35-36/h2-5,7,9,11-14,22H,6,8,10H2,1H3,(H,30,38)(H,32,33)/t22-/m0/s1. The average molecular weight is 561 g/mol. The van der Waals surface area contributed by atoms with Crippen LogP contribution < -0.4 is 10.9 Å². The Balaban J connectivity index is 1.35. The van der Waals surface area contributed by atoms with Gasteiger partial charge in [0.15, 0.2) is 5.15 Å². The van der Waals surface area contributed by atoms with Gasteiger partial charge in [0.2, 0.25) is 5.91 Å². The van der Waals surface area contributed by atoms with Gasteiger partial charge in [-0.05, 0) is 64.7 Å². The molecule has 12 heteroatoms. The van der Waals surface area contributed by atoms with Crippen LogP contribution in [0.4, 0.5) is 0 Å². The van der Waals surface area contributed by atoms with Crippen molar-refractivity contribution in [2.45, 2.75) is 25.3 Å². The van der Waals surface area contributed by atoms with Crippen molar-refractivity contribution < 1.29 is 4.79 Å². The third-order valence-corrected chi connectivity index (χ3v) is 7.36. The maximum atomic E-state index is 13.5. The minimum atomic E-state index is -0.291. The van der Waals surface area contributed by atoms with Gasteiger partial charge < -0.3 is 14.9 Å². The zero-order chi connectivity index (χ0) is 27.1. The second kappa shape index (κ2) is 10.1. The number of aromatic amines is 1. The number of likely N-dealkylation sites (N-methyl/N-ethyl adjacent to an activating group) is 1. The average Bonchev–Trinajstić information content (AvgIpc) is 3.69. The number of H-pyrrole nitrogens is 1. The summed E-state index contributed by atoms with van der Waals surface area (Å²) in [7, 11) is 1.61. The summed E-state index contributed by atoms with van der Waals surface area (Å²) in [6, 6.07) is 16.2. The number of hydrogen-bond acceptors (Lipinski definition) is 6. The number of imidazole rings is 1. The van der Waals surface area contributed by atoms with Crippen molar-refractivity contribution in [3.8, 4) is 28.1 Å². The Morgan fingerprint density at radius 3 is 2.79 bits per heavy atom. The van der Waals surface area contributed by atoms with E-state index in [0.717, 1.165) is 27.9 Å². The quantitative estimate of drug-likeness (QED) is 0.323. The maximum Gasteiger partial charge on any atom is 0.252 e. The summed E-state index contributed by atoms with van der Waals surface area (Å²) >= 11 is 12.9. The number of aromatic nitrogens is 7. The van der Waals surface area contributed by atoms with Gasteiger partial charge in [-0.2, -0.15) is 4.68 Å². The van der Waals surface area contributed by atoms with Crippen molar-refractivity contribution >= 4 is 29.1 Å². The van der Waals surface area contributed by atoms with E-state index in [2.05, 4.69) is 30.8 Å². The Morgan fingerprint density at radius 1 is 1.13 bits per heavy atom. The van der Waals surface area contributed by atoms with E-state index in [1.165, 1.54) is 11.0 Å². The Kier molecular flexibility index (Phi) is 6.49. The summed E-state index contributed by atoms with van der Waals surface area (Å²) in [6.07, 6.45) is 3.13. The summed E-state index contributed by atoms with van der Waals surface area (Å²) < 4.78 is 3.29. The van der Waals surface area contributed by atoms with Gasteiger partial charge in [0.1, 0.15) is 12.2 Å². The Labute approximate surface area is 232 Å². The topological polar surface area (TPSA) is 123 Å². The number of amides is 1. The molecular weight excluding hydrogens is 539 g/mol. The molecule has 2 N–H and O–H groups in total. The molecule has 2 aromatic carbocycles. The molecule has 4 heterocycles. The van der Waals surface area contributed by atoms with Crippen molar-refractivity contribution in [2.24, 2.45) is 0 Å². The molecule has 3 aromatic heterocycles. The SMILES string of the molecule is CNC(=O)Cc1cccc(-c2[nH]c([C@@H]3CCc4cc(-c5cc(Cl)ccc5-n5cnnn5)cc(=O)n43)nc2Cl)c1. The van der Waals surface area contributed by atoms with Crippen molar-refractivity contribution in [1.29, 1.82) is 0 Å². The van der Waals surface area contributed by atoms with E-state index in [1.54, 1.807) is 29.8 Å². The van der Waals surface area contributed by atoms with E-state index in [0.29, 0.717) is 40.2 Å². The van der Waals surface area contributed by atoms with E-state index in [1.807, 2.05) is 36.4 Å². The van der Waals surface area contributed by atoms with Crippen LogP contribution in [-0.4, -0.2) is 47.7 Å². The third kappa shape index (κ3) is 4.73. The molecule has 0 spiro atoms. The highest BCUT2D eigenvalue weighted by molar-refractivity contribution is 6.32. The van der Waals surface area contributed by atoms with Gasteiger partial charge in [0.05, 0.1) is 23.8 Å². The number of carbonyl (C=O) groups excluding carboxylic acids is 1. The highest BCUT2D eigenvalue weighted by Crippen LogP contribution is 2.36. The van der Waals surface area contributed by atoms with E-state index >= 15 is 0 Å². The lowest BCUT2D eigenvalue weighted by molar-refractivity contribution is -0.119. The van der Waals surface area contributed by atoms with Crippen LogP contribution >= 0.6 is 23.2 Å². The smallest absolute Gasteiger partial charge is 0.252 e. The number of pyridine rings is 1. The van der Waals surface area contributed by atoms with Crippen LogP contribution in [0.15, 0.2) is 65.7 Å². The molecule has 1 amide bonds. The summed E-state index contributed by atoms with van der Waals surface area (Å²) in [4.78, 5) is 33.2. The number of hydrogen-bond donors (Lipinski definition) is 2. The van der Waals surface area contributed by atoms with Gasteiger partial charge in [-0.15, -0.1) is 5.10 Å². The molecule has 10 nitrogen and oxygen atoms in total. The highest BCUT2D eigenvalue weighted by atomic mass is 35.5. The summed E-state index contributed by atoms with van der Waals surface area (Å²) in [5.74, 6) is 0.533. The normalized spacial score (nSPS) is 14.4. The first kappa shape index (κ1) is 25.0. The molecule has 0 saturated heterocycles. The molecule has 0 saturated carbocycles. The molecule has 5 aromatic rings. The van der Waals surface area contributed by atoms with Crippen LogP contribution in [0.2, 0.25) is 10.2 Å². The Bertz CT molecular complexity index is 1760. The number of nitrogens with zero attached hydrogens (tertiary/aromatic N) is 6. The number of rotatable bonds is 6. The third-order valence-electron chi connectivity index (χ3n) is 6.85. The second-order valence-electron chi connectivity index (χ2n) is 9.25. The lowest BCUT2D eigenvalue weighted by atomic mass is 10.0. The fourth-order valence-electron chi connectivity index (χ4n) is 5.05. The van der Waals surface area contributed by atoms with Gasteiger partial charge in [-0.1, -0.05) is 41.4 Å². The minimum Gasteiger partial charge on any atom is -0.359 e. The largest absolute Gasteiger partial charge is 0.359 e. The maximum absolute atomic E-state index is 13.5. The molecular formula is C27H22Cl2N8O2. The highest BCUT2D eigenvalue weighted by Gasteiger charge is 2.29. The lowest BCUT2D eigenvalue weighted by Crippen LogP contribution is -2.24. The predicted octanol–water partition coefficient (Wildman–Crippen LogP) is 4.01. The van der Waals surface area contributed by atoms with E-state index in [4.69, 9.17) is 23.2 Å². The lowest BCUT2D eigenvalue weighted by Gasteiger charge is -2.15. The molecule has 0 radical (unpaired) electrons. The predicted molar refractivity (Wildman–Crippen MR) is 147 cm³/mol. The monoisotopic (exact) mass is 560 g/mol. The van der Waals surface area contributed by atoms with Gasteiger partial charge in [0.25, 0.3) is 5.56 Å². The molecule has 1 atom stereocenters.